The molecule has 2 fully saturated rings. The number of carbonyl (C=O) groups excluding carboxylic acids is 2. The lowest BCUT2D eigenvalue weighted by Crippen LogP contribution is -2.45. The van der Waals surface area contributed by atoms with Crippen LogP contribution in [0.2, 0.25) is 0 Å². The zero-order valence-electron chi connectivity index (χ0n) is 13.6. The minimum absolute atomic E-state index is 0.0728. The standard InChI is InChI=1S/C17H23N3O3/c1-19-11-13(10-16(19)21)18-17(22)20-9-3-4-15(20)12-5-7-14(23-2)8-6-12/h5-8,13,15H,3-4,9-11H2,1-2H3,(H,18,22). The van der Waals surface area contributed by atoms with Gasteiger partial charge in [0.1, 0.15) is 5.75 Å². The lowest BCUT2D eigenvalue weighted by atomic mass is 10.0. The molecule has 0 aliphatic carbocycles. The lowest BCUT2D eigenvalue weighted by Gasteiger charge is -2.27. The van der Waals surface area contributed by atoms with Crippen LogP contribution in [0.25, 0.3) is 0 Å². The molecule has 0 bridgehead atoms. The smallest absolute Gasteiger partial charge is 0.318 e. The predicted molar refractivity (Wildman–Crippen MR) is 86.2 cm³/mol. The molecular formula is C17H23N3O3. The first-order valence-corrected chi connectivity index (χ1v) is 8.03. The maximum absolute atomic E-state index is 12.6. The summed E-state index contributed by atoms with van der Waals surface area (Å²) in [4.78, 5) is 27.7. The summed E-state index contributed by atoms with van der Waals surface area (Å²) in [6, 6.07) is 7.82. The van der Waals surface area contributed by atoms with Gasteiger partial charge < -0.3 is 19.9 Å². The van der Waals surface area contributed by atoms with Crippen molar-refractivity contribution in [1.82, 2.24) is 15.1 Å². The van der Waals surface area contributed by atoms with Crippen molar-refractivity contribution in [2.75, 3.05) is 27.2 Å². The van der Waals surface area contributed by atoms with Crippen LogP contribution in [0.3, 0.4) is 0 Å². The highest BCUT2D eigenvalue weighted by atomic mass is 16.5. The van der Waals surface area contributed by atoms with Gasteiger partial charge in [-0.25, -0.2) is 4.79 Å². The Bertz CT molecular complexity index is 587. The Morgan fingerprint density at radius 2 is 2.04 bits per heavy atom. The Kier molecular flexibility index (Phi) is 4.41. The maximum atomic E-state index is 12.6. The molecule has 1 aromatic rings. The first kappa shape index (κ1) is 15.6. The summed E-state index contributed by atoms with van der Waals surface area (Å²) >= 11 is 0. The van der Waals surface area contributed by atoms with E-state index in [0.29, 0.717) is 13.0 Å². The SMILES string of the molecule is COc1ccc(C2CCCN2C(=O)NC2CC(=O)N(C)C2)cc1. The van der Waals surface area contributed by atoms with Gasteiger partial charge in [0.05, 0.1) is 19.2 Å². The van der Waals surface area contributed by atoms with Gasteiger partial charge in [0.2, 0.25) is 5.91 Å². The normalized spacial score (nSPS) is 24.2. The molecule has 3 rings (SSSR count). The number of nitrogens with one attached hydrogen (secondary N) is 1. The van der Waals surface area contributed by atoms with E-state index in [-0.39, 0.29) is 24.0 Å². The molecule has 2 aliphatic rings. The van der Waals surface area contributed by atoms with Crippen molar-refractivity contribution < 1.29 is 14.3 Å². The zero-order chi connectivity index (χ0) is 16.4. The van der Waals surface area contributed by atoms with Crippen molar-refractivity contribution in [1.29, 1.82) is 0 Å². The van der Waals surface area contributed by atoms with Gasteiger partial charge in [-0.15, -0.1) is 0 Å². The van der Waals surface area contributed by atoms with Gasteiger partial charge >= 0.3 is 6.03 Å². The van der Waals surface area contributed by atoms with Gasteiger partial charge in [-0.2, -0.15) is 0 Å². The number of hydrogen-bond acceptors (Lipinski definition) is 3. The van der Waals surface area contributed by atoms with Gasteiger partial charge in [0.25, 0.3) is 0 Å². The molecule has 3 amide bonds. The van der Waals surface area contributed by atoms with Crippen molar-refractivity contribution >= 4 is 11.9 Å². The molecule has 2 aliphatic heterocycles. The molecule has 0 saturated carbocycles. The number of benzene rings is 1. The summed E-state index contributed by atoms with van der Waals surface area (Å²) in [6.45, 7) is 1.34. The fourth-order valence-electron chi connectivity index (χ4n) is 3.40. The summed E-state index contributed by atoms with van der Waals surface area (Å²) < 4.78 is 5.19. The van der Waals surface area contributed by atoms with E-state index < -0.39 is 0 Å². The van der Waals surface area contributed by atoms with Gasteiger partial charge in [-0.3, -0.25) is 4.79 Å². The average molecular weight is 317 g/mol. The maximum Gasteiger partial charge on any atom is 0.318 e. The average Bonchev–Trinajstić information content (AvgIpc) is 3.15. The van der Waals surface area contributed by atoms with E-state index in [9.17, 15) is 9.59 Å². The Morgan fingerprint density at radius 3 is 2.65 bits per heavy atom. The van der Waals surface area contributed by atoms with E-state index in [2.05, 4.69) is 5.32 Å². The summed E-state index contributed by atoms with van der Waals surface area (Å²) in [5.41, 5.74) is 1.12. The highest BCUT2D eigenvalue weighted by Gasteiger charge is 2.33. The molecule has 2 saturated heterocycles. The zero-order valence-corrected chi connectivity index (χ0v) is 13.6. The van der Waals surface area contributed by atoms with Gasteiger partial charge in [-0.1, -0.05) is 12.1 Å². The second-order valence-corrected chi connectivity index (χ2v) is 6.25. The van der Waals surface area contributed by atoms with Crippen molar-refractivity contribution in [3.63, 3.8) is 0 Å². The minimum Gasteiger partial charge on any atom is -0.497 e. The van der Waals surface area contributed by atoms with Crippen LogP contribution in [0.4, 0.5) is 4.79 Å². The number of carbonyl (C=O) groups is 2. The van der Waals surface area contributed by atoms with Crippen LogP contribution >= 0.6 is 0 Å². The third kappa shape index (κ3) is 3.25. The van der Waals surface area contributed by atoms with Crippen LogP contribution in [0.1, 0.15) is 30.9 Å². The summed E-state index contributed by atoms with van der Waals surface area (Å²) in [5.74, 6) is 0.902. The summed E-state index contributed by atoms with van der Waals surface area (Å²) in [6.07, 6.45) is 2.35. The van der Waals surface area contributed by atoms with Gasteiger partial charge in [0, 0.05) is 26.6 Å². The molecule has 23 heavy (non-hydrogen) atoms. The third-order valence-electron chi connectivity index (χ3n) is 4.68. The second-order valence-electron chi connectivity index (χ2n) is 6.25. The van der Waals surface area contributed by atoms with E-state index in [1.165, 1.54) is 0 Å². The Balaban J connectivity index is 1.66. The molecule has 2 heterocycles. The summed E-state index contributed by atoms with van der Waals surface area (Å²) in [7, 11) is 3.41. The van der Waals surface area contributed by atoms with Crippen LogP contribution in [-0.4, -0.2) is 55.0 Å². The van der Waals surface area contributed by atoms with E-state index in [4.69, 9.17) is 4.74 Å². The molecule has 1 N–H and O–H groups in total. The highest BCUT2D eigenvalue weighted by Crippen LogP contribution is 2.32. The van der Waals surface area contributed by atoms with E-state index >= 15 is 0 Å². The number of hydrogen-bond donors (Lipinski definition) is 1. The Hall–Kier alpha value is -2.24. The third-order valence-corrected chi connectivity index (χ3v) is 4.68. The van der Waals surface area contributed by atoms with Crippen molar-refractivity contribution in [3.05, 3.63) is 29.8 Å². The molecular weight excluding hydrogens is 294 g/mol. The van der Waals surface area contributed by atoms with Crippen molar-refractivity contribution in [3.8, 4) is 5.75 Å². The van der Waals surface area contributed by atoms with Crippen LogP contribution in [0, 0.1) is 0 Å². The van der Waals surface area contributed by atoms with Crippen molar-refractivity contribution in [2.24, 2.45) is 0 Å². The monoisotopic (exact) mass is 317 g/mol. The molecule has 0 spiro atoms. The Morgan fingerprint density at radius 1 is 1.30 bits per heavy atom. The van der Waals surface area contributed by atoms with Gasteiger partial charge in [-0.05, 0) is 30.5 Å². The molecule has 0 radical (unpaired) electrons. The number of methoxy groups -OCH3 is 1. The van der Waals surface area contributed by atoms with E-state index in [1.54, 1.807) is 19.1 Å². The first-order chi connectivity index (χ1) is 11.1. The van der Waals surface area contributed by atoms with Gasteiger partial charge in [0.15, 0.2) is 0 Å². The molecule has 124 valence electrons. The number of likely N-dealkylation sites (tertiary alicyclic amines) is 2. The van der Waals surface area contributed by atoms with Crippen LogP contribution in [-0.2, 0) is 4.79 Å². The Labute approximate surface area is 136 Å². The molecule has 6 nitrogen and oxygen atoms in total. The number of urea groups is 1. The highest BCUT2D eigenvalue weighted by molar-refractivity contribution is 5.81. The topological polar surface area (TPSA) is 61.9 Å². The molecule has 2 atom stereocenters. The number of nitrogens with zero attached hydrogens (tertiary/aromatic N) is 2. The van der Waals surface area contributed by atoms with Crippen molar-refractivity contribution in [2.45, 2.75) is 31.3 Å². The number of likely N-dealkylation sites (N-methyl/N-ethyl adjacent to an activating group) is 1. The number of ether oxygens (including phenoxy) is 1. The van der Waals surface area contributed by atoms with E-state index in [0.717, 1.165) is 30.7 Å². The second kappa shape index (κ2) is 6.48. The number of amides is 3. The quantitative estimate of drug-likeness (QED) is 0.924. The number of rotatable bonds is 3. The van der Waals surface area contributed by atoms with Crippen LogP contribution < -0.4 is 10.1 Å². The molecule has 2 unspecified atom stereocenters. The first-order valence-electron chi connectivity index (χ1n) is 8.03. The fraction of sp³-hybridized carbons (Fsp3) is 0.529. The van der Waals surface area contributed by atoms with Crippen LogP contribution in [0.15, 0.2) is 24.3 Å². The largest absolute Gasteiger partial charge is 0.497 e. The fourth-order valence-corrected chi connectivity index (χ4v) is 3.40. The van der Waals surface area contributed by atoms with Crippen LogP contribution in [0.5, 0.6) is 5.75 Å². The van der Waals surface area contributed by atoms with E-state index in [1.807, 2.05) is 29.2 Å². The molecule has 1 aromatic carbocycles. The predicted octanol–water partition coefficient (Wildman–Crippen LogP) is 1.77. The molecule has 6 heteroatoms. The molecule has 0 aromatic heterocycles. The lowest BCUT2D eigenvalue weighted by molar-refractivity contribution is -0.126. The minimum atomic E-state index is -0.0860. The summed E-state index contributed by atoms with van der Waals surface area (Å²) in [5, 5.41) is 3.00.